The number of aliphatic hydroxyl groups is 1. The van der Waals surface area contributed by atoms with Crippen LogP contribution in [0.1, 0.15) is 27.8 Å². The fourth-order valence-electron chi connectivity index (χ4n) is 1.56. The number of carbonyl (C=O) groups is 1. The van der Waals surface area contributed by atoms with Crippen LogP contribution in [0.5, 0.6) is 0 Å². The number of imidazole rings is 1. The van der Waals surface area contributed by atoms with Gasteiger partial charge in [0.15, 0.2) is 5.69 Å². The number of aromatic carboxylic acids is 1. The normalized spacial score (nSPS) is 12.4. The molecule has 5 nitrogen and oxygen atoms in total. The highest BCUT2D eigenvalue weighted by Gasteiger charge is 2.23. The number of aliphatic hydroxyl groups excluding tert-OH is 1. The van der Waals surface area contributed by atoms with E-state index in [2.05, 4.69) is 9.97 Å². The molecular formula is C11H8Cl2N2O3. The maximum absolute atomic E-state index is 10.9. The monoisotopic (exact) mass is 286 g/mol. The van der Waals surface area contributed by atoms with Crippen LogP contribution < -0.4 is 0 Å². The predicted molar refractivity (Wildman–Crippen MR) is 66.1 cm³/mol. The fourth-order valence-corrected chi connectivity index (χ4v) is 2.07. The summed E-state index contributed by atoms with van der Waals surface area (Å²) in [6.07, 6.45) is -0.00499. The topological polar surface area (TPSA) is 86.2 Å². The molecule has 0 aliphatic rings. The molecule has 1 unspecified atom stereocenters. The van der Waals surface area contributed by atoms with Crippen molar-refractivity contribution >= 4 is 29.2 Å². The third-order valence-corrected chi connectivity index (χ3v) is 2.96. The maximum atomic E-state index is 10.9. The zero-order valence-corrected chi connectivity index (χ0v) is 10.4. The molecule has 0 fully saturated rings. The van der Waals surface area contributed by atoms with E-state index in [1.54, 1.807) is 6.07 Å². The molecule has 3 N–H and O–H groups in total. The number of carboxylic acid groups (broad SMARTS) is 1. The lowest BCUT2D eigenvalue weighted by Crippen LogP contribution is -2.08. The van der Waals surface area contributed by atoms with Gasteiger partial charge in [0.25, 0.3) is 0 Å². The van der Waals surface area contributed by atoms with E-state index in [-0.39, 0.29) is 16.4 Å². The van der Waals surface area contributed by atoms with Crippen molar-refractivity contribution in [2.75, 3.05) is 0 Å². The van der Waals surface area contributed by atoms with Crippen molar-refractivity contribution in [3.63, 3.8) is 0 Å². The van der Waals surface area contributed by atoms with Crippen LogP contribution in [0.15, 0.2) is 24.5 Å². The Balaban J connectivity index is 2.44. The van der Waals surface area contributed by atoms with Gasteiger partial charge < -0.3 is 15.2 Å². The molecule has 2 aromatic rings. The Kier molecular flexibility index (Phi) is 3.56. The Morgan fingerprint density at radius 2 is 2.11 bits per heavy atom. The van der Waals surface area contributed by atoms with Crippen LogP contribution in [-0.4, -0.2) is 26.2 Å². The largest absolute Gasteiger partial charge is 0.476 e. The summed E-state index contributed by atoms with van der Waals surface area (Å²) in [6.45, 7) is 0. The molecule has 1 heterocycles. The summed E-state index contributed by atoms with van der Waals surface area (Å²) >= 11 is 11.7. The number of hydrogen-bond donors (Lipinski definition) is 3. The SMILES string of the molecule is O=C(O)c1nc[nH]c1C(O)c1ccc(Cl)cc1Cl. The Labute approximate surface area is 112 Å². The highest BCUT2D eigenvalue weighted by atomic mass is 35.5. The van der Waals surface area contributed by atoms with E-state index in [1.165, 1.54) is 18.5 Å². The number of nitrogens with zero attached hydrogens (tertiary/aromatic N) is 1. The van der Waals surface area contributed by atoms with Gasteiger partial charge in [0.2, 0.25) is 0 Å². The molecule has 0 spiro atoms. The van der Waals surface area contributed by atoms with Gasteiger partial charge in [-0.1, -0.05) is 29.3 Å². The first-order valence-electron chi connectivity index (χ1n) is 4.90. The van der Waals surface area contributed by atoms with Crippen molar-refractivity contribution < 1.29 is 15.0 Å². The van der Waals surface area contributed by atoms with Gasteiger partial charge in [0.1, 0.15) is 6.10 Å². The number of rotatable bonds is 3. The number of H-pyrrole nitrogens is 1. The summed E-state index contributed by atoms with van der Waals surface area (Å²) in [5.41, 5.74) is 0.188. The molecule has 94 valence electrons. The first-order valence-corrected chi connectivity index (χ1v) is 5.66. The van der Waals surface area contributed by atoms with E-state index >= 15 is 0 Å². The van der Waals surface area contributed by atoms with Crippen molar-refractivity contribution in [2.24, 2.45) is 0 Å². The lowest BCUT2D eigenvalue weighted by atomic mass is 10.1. The summed E-state index contributed by atoms with van der Waals surface area (Å²) in [6, 6.07) is 4.56. The van der Waals surface area contributed by atoms with E-state index < -0.39 is 12.1 Å². The molecule has 0 aliphatic carbocycles. The number of hydrogen-bond acceptors (Lipinski definition) is 3. The molecular weight excluding hydrogens is 279 g/mol. The molecule has 1 atom stereocenters. The summed E-state index contributed by atoms with van der Waals surface area (Å²) < 4.78 is 0. The van der Waals surface area contributed by atoms with E-state index in [4.69, 9.17) is 28.3 Å². The van der Waals surface area contributed by atoms with Crippen molar-refractivity contribution in [1.82, 2.24) is 9.97 Å². The zero-order chi connectivity index (χ0) is 13.3. The molecule has 7 heteroatoms. The fraction of sp³-hybridized carbons (Fsp3) is 0.0909. The number of carboxylic acids is 1. The van der Waals surface area contributed by atoms with Crippen LogP contribution in [-0.2, 0) is 0 Å². The van der Waals surface area contributed by atoms with E-state index in [0.29, 0.717) is 10.6 Å². The van der Waals surface area contributed by atoms with Crippen LogP contribution in [0, 0.1) is 0 Å². The third-order valence-electron chi connectivity index (χ3n) is 2.40. The highest BCUT2D eigenvalue weighted by Crippen LogP contribution is 2.30. The second kappa shape index (κ2) is 4.97. The van der Waals surface area contributed by atoms with Crippen LogP contribution in [0.25, 0.3) is 0 Å². The molecule has 1 aromatic heterocycles. The molecule has 0 bridgehead atoms. The molecule has 18 heavy (non-hydrogen) atoms. The molecule has 0 amide bonds. The first kappa shape index (κ1) is 12.9. The van der Waals surface area contributed by atoms with Crippen molar-refractivity contribution in [3.8, 4) is 0 Å². The highest BCUT2D eigenvalue weighted by molar-refractivity contribution is 6.35. The summed E-state index contributed by atoms with van der Waals surface area (Å²) in [5, 5.41) is 19.7. The quantitative estimate of drug-likeness (QED) is 0.809. The number of halogens is 2. The van der Waals surface area contributed by atoms with E-state index in [0.717, 1.165) is 0 Å². The van der Waals surface area contributed by atoms with Gasteiger partial charge >= 0.3 is 5.97 Å². The summed E-state index contributed by atoms with van der Waals surface area (Å²) in [4.78, 5) is 17.1. The minimum atomic E-state index is -1.23. The molecule has 2 rings (SSSR count). The van der Waals surface area contributed by atoms with Crippen LogP contribution in [0.2, 0.25) is 10.0 Å². The number of benzene rings is 1. The van der Waals surface area contributed by atoms with Gasteiger partial charge in [-0.3, -0.25) is 0 Å². The average molecular weight is 287 g/mol. The Bertz CT molecular complexity index is 598. The van der Waals surface area contributed by atoms with Crippen molar-refractivity contribution in [1.29, 1.82) is 0 Å². The van der Waals surface area contributed by atoms with Crippen molar-refractivity contribution in [2.45, 2.75) is 6.10 Å². The second-order valence-corrected chi connectivity index (χ2v) is 4.38. The van der Waals surface area contributed by atoms with Gasteiger partial charge in [-0.25, -0.2) is 9.78 Å². The Morgan fingerprint density at radius 1 is 1.39 bits per heavy atom. The molecule has 1 aromatic carbocycles. The Hall–Kier alpha value is -1.56. The first-order chi connectivity index (χ1) is 8.50. The van der Waals surface area contributed by atoms with Crippen LogP contribution in [0.4, 0.5) is 0 Å². The summed E-state index contributed by atoms with van der Waals surface area (Å²) in [5.74, 6) is -1.23. The second-order valence-electron chi connectivity index (χ2n) is 3.54. The van der Waals surface area contributed by atoms with Crippen molar-refractivity contribution in [3.05, 3.63) is 51.5 Å². The number of aromatic amines is 1. The van der Waals surface area contributed by atoms with Gasteiger partial charge in [-0.15, -0.1) is 0 Å². The summed E-state index contributed by atoms with van der Waals surface area (Å²) in [7, 11) is 0. The molecule has 0 aliphatic heterocycles. The molecule has 0 radical (unpaired) electrons. The van der Waals surface area contributed by atoms with Crippen LogP contribution in [0.3, 0.4) is 0 Å². The van der Waals surface area contributed by atoms with Gasteiger partial charge in [-0.05, 0) is 12.1 Å². The predicted octanol–water partition coefficient (Wildman–Crippen LogP) is 2.50. The molecule has 0 saturated heterocycles. The average Bonchev–Trinajstić information content (AvgIpc) is 2.77. The van der Waals surface area contributed by atoms with Gasteiger partial charge in [0, 0.05) is 15.6 Å². The van der Waals surface area contributed by atoms with Gasteiger partial charge in [0.05, 0.1) is 12.0 Å². The number of nitrogens with one attached hydrogen (secondary N) is 1. The Morgan fingerprint density at radius 3 is 2.72 bits per heavy atom. The lowest BCUT2D eigenvalue weighted by molar-refractivity contribution is 0.0685. The minimum absolute atomic E-state index is 0.0757. The number of aromatic nitrogens is 2. The third kappa shape index (κ3) is 2.33. The van der Waals surface area contributed by atoms with Gasteiger partial charge in [-0.2, -0.15) is 0 Å². The van der Waals surface area contributed by atoms with E-state index in [9.17, 15) is 9.90 Å². The molecule has 0 saturated carbocycles. The standard InChI is InChI=1S/C11H8Cl2N2O3/c12-5-1-2-6(7(13)3-5)10(16)8-9(11(17)18)15-4-14-8/h1-4,10,16H,(H,14,15)(H,17,18). The lowest BCUT2D eigenvalue weighted by Gasteiger charge is -2.12. The maximum Gasteiger partial charge on any atom is 0.356 e. The zero-order valence-electron chi connectivity index (χ0n) is 8.89. The minimum Gasteiger partial charge on any atom is -0.476 e. The smallest absolute Gasteiger partial charge is 0.356 e. The van der Waals surface area contributed by atoms with Crippen LogP contribution >= 0.6 is 23.2 Å². The van der Waals surface area contributed by atoms with E-state index in [1.807, 2.05) is 0 Å².